The fourth-order valence-electron chi connectivity index (χ4n) is 1.57. The summed E-state index contributed by atoms with van der Waals surface area (Å²) in [5, 5.41) is 8.91. The highest BCUT2D eigenvalue weighted by molar-refractivity contribution is 5.84. The minimum Gasteiger partial charge on any atom is -0.481 e. The molecule has 1 N–H and O–H groups in total. The highest BCUT2D eigenvalue weighted by Gasteiger charge is 2.53. The van der Waals surface area contributed by atoms with Crippen molar-refractivity contribution in [2.45, 2.75) is 25.7 Å². The van der Waals surface area contributed by atoms with Crippen LogP contribution in [0, 0.1) is 5.82 Å². The van der Waals surface area contributed by atoms with Crippen LogP contribution in [0.2, 0.25) is 0 Å². The van der Waals surface area contributed by atoms with Gasteiger partial charge in [0.2, 0.25) is 0 Å². The Balaban J connectivity index is 0.000000980. The summed E-state index contributed by atoms with van der Waals surface area (Å²) in [6.45, 7) is 0. The number of rotatable bonds is 2. The highest BCUT2D eigenvalue weighted by atomic mass is 19.1. The van der Waals surface area contributed by atoms with Crippen LogP contribution in [-0.2, 0) is 10.2 Å². The van der Waals surface area contributed by atoms with Gasteiger partial charge in [0.05, 0.1) is 5.41 Å². The van der Waals surface area contributed by atoms with Crippen LogP contribution in [-0.4, -0.2) is 11.1 Å². The molecule has 76 valence electrons. The zero-order valence-electron chi connectivity index (χ0n) is 6.96. The number of aliphatic carboxylic acids is 1. The Labute approximate surface area is 82.4 Å². The molecule has 1 saturated carbocycles. The molecule has 1 aromatic rings. The third-order valence-electron chi connectivity index (χ3n) is 2.55. The van der Waals surface area contributed by atoms with Gasteiger partial charge >= 0.3 is 5.97 Å². The maximum Gasteiger partial charge on any atom is 0.314 e. The maximum atomic E-state index is 13.2. The summed E-state index contributed by atoms with van der Waals surface area (Å²) in [5.74, 6) is -1.33. The molecule has 0 atom stereocenters. The number of carboxylic acids is 1. The van der Waals surface area contributed by atoms with Gasteiger partial charge in [0.15, 0.2) is 0 Å². The van der Waals surface area contributed by atoms with Crippen molar-refractivity contribution in [1.29, 1.82) is 0 Å². The molecule has 0 unspecified atom stereocenters. The second-order valence-electron chi connectivity index (χ2n) is 3.37. The molecule has 0 amide bonds. The molecule has 1 aliphatic rings. The van der Waals surface area contributed by atoms with Crippen LogP contribution in [0.3, 0.4) is 0 Å². The highest BCUT2D eigenvalue weighted by Crippen LogP contribution is 2.49. The van der Waals surface area contributed by atoms with Gasteiger partial charge in [-0.2, -0.15) is 0 Å². The van der Waals surface area contributed by atoms with Crippen molar-refractivity contribution in [2.24, 2.45) is 0 Å². The van der Waals surface area contributed by atoms with Crippen LogP contribution in [0.15, 0.2) is 24.3 Å². The summed E-state index contributed by atoms with van der Waals surface area (Å²) in [6, 6.07) is 6.09. The van der Waals surface area contributed by atoms with E-state index in [9.17, 15) is 9.18 Å². The molecule has 0 saturated heterocycles. The lowest BCUT2D eigenvalue weighted by atomic mass is 9.96. The van der Waals surface area contributed by atoms with E-state index in [0.29, 0.717) is 18.4 Å². The summed E-state index contributed by atoms with van der Waals surface area (Å²) < 4.78 is 13.2. The normalized spacial score (nSPS) is 16.9. The van der Waals surface area contributed by atoms with E-state index in [1.807, 2.05) is 0 Å². The Morgan fingerprint density at radius 3 is 2.36 bits per heavy atom. The first-order chi connectivity index (χ1) is 6.17. The fraction of sp³-hybridized carbons (Fsp3) is 0.364. The number of halogens is 1. The van der Waals surface area contributed by atoms with E-state index < -0.39 is 17.2 Å². The molecule has 0 heterocycles. The Bertz CT molecular complexity index is 356. The predicted molar refractivity (Wildman–Crippen MR) is 51.7 cm³/mol. The van der Waals surface area contributed by atoms with Gasteiger partial charge < -0.3 is 5.11 Å². The first-order valence-electron chi connectivity index (χ1n) is 4.15. The standard InChI is InChI=1S/C10H9FO2.CH4/c11-8-4-2-1-3-7(8)10(5-6-10)9(12)13;/h1-4H,5-6H2,(H,12,13);1H4. The van der Waals surface area contributed by atoms with Crippen LogP contribution in [0.5, 0.6) is 0 Å². The van der Waals surface area contributed by atoms with Crippen molar-refractivity contribution in [3.05, 3.63) is 35.6 Å². The molecule has 2 nitrogen and oxygen atoms in total. The van der Waals surface area contributed by atoms with E-state index in [1.54, 1.807) is 18.2 Å². The number of benzene rings is 1. The van der Waals surface area contributed by atoms with E-state index >= 15 is 0 Å². The zero-order chi connectivity index (χ0) is 9.47. The molecule has 0 bridgehead atoms. The molecule has 14 heavy (non-hydrogen) atoms. The molecular formula is C11H13FO2. The Morgan fingerprint density at radius 1 is 1.36 bits per heavy atom. The Hall–Kier alpha value is -1.38. The molecule has 0 aliphatic heterocycles. The average Bonchev–Trinajstić information content (AvgIpc) is 2.85. The van der Waals surface area contributed by atoms with Crippen molar-refractivity contribution < 1.29 is 14.3 Å². The van der Waals surface area contributed by atoms with E-state index in [4.69, 9.17) is 5.11 Å². The molecule has 0 radical (unpaired) electrons. The zero-order valence-corrected chi connectivity index (χ0v) is 6.96. The van der Waals surface area contributed by atoms with Gasteiger partial charge in [-0.3, -0.25) is 4.79 Å². The summed E-state index contributed by atoms with van der Waals surface area (Å²) in [4.78, 5) is 10.9. The first kappa shape index (κ1) is 10.7. The van der Waals surface area contributed by atoms with Crippen LogP contribution >= 0.6 is 0 Å². The smallest absolute Gasteiger partial charge is 0.314 e. The lowest BCUT2D eigenvalue weighted by Gasteiger charge is -2.10. The minimum absolute atomic E-state index is 0. The predicted octanol–water partition coefficient (Wildman–Crippen LogP) is 2.58. The SMILES string of the molecule is C.O=C(O)C1(c2ccccc2F)CC1. The third-order valence-corrected chi connectivity index (χ3v) is 2.55. The lowest BCUT2D eigenvalue weighted by molar-refractivity contribution is -0.140. The Morgan fingerprint density at radius 2 is 1.93 bits per heavy atom. The van der Waals surface area contributed by atoms with E-state index in [-0.39, 0.29) is 7.43 Å². The fourth-order valence-corrected chi connectivity index (χ4v) is 1.57. The molecule has 1 aliphatic carbocycles. The van der Waals surface area contributed by atoms with Gasteiger partial charge in [-0.1, -0.05) is 25.6 Å². The summed E-state index contributed by atoms with van der Waals surface area (Å²) >= 11 is 0. The van der Waals surface area contributed by atoms with Gasteiger partial charge in [-0.15, -0.1) is 0 Å². The van der Waals surface area contributed by atoms with Crippen LogP contribution in [0.25, 0.3) is 0 Å². The topological polar surface area (TPSA) is 37.3 Å². The maximum absolute atomic E-state index is 13.2. The number of hydrogen-bond acceptors (Lipinski definition) is 1. The van der Waals surface area contributed by atoms with Gasteiger partial charge in [-0.25, -0.2) is 4.39 Å². The van der Waals surface area contributed by atoms with Crippen LogP contribution < -0.4 is 0 Å². The summed E-state index contributed by atoms with van der Waals surface area (Å²) in [6.07, 6.45) is 1.09. The van der Waals surface area contributed by atoms with Gasteiger partial charge in [0, 0.05) is 5.56 Å². The number of carbonyl (C=O) groups is 1. The molecular weight excluding hydrogens is 183 g/mol. The summed E-state index contributed by atoms with van der Waals surface area (Å²) in [5.41, 5.74) is -0.603. The second kappa shape index (κ2) is 3.40. The molecule has 0 spiro atoms. The van der Waals surface area contributed by atoms with Gasteiger partial charge in [0.25, 0.3) is 0 Å². The molecule has 3 heteroatoms. The van der Waals surface area contributed by atoms with Crippen molar-refractivity contribution in [2.75, 3.05) is 0 Å². The summed E-state index contributed by atoms with van der Waals surface area (Å²) in [7, 11) is 0. The molecule has 1 fully saturated rings. The van der Waals surface area contributed by atoms with Crippen molar-refractivity contribution in [3.63, 3.8) is 0 Å². The van der Waals surface area contributed by atoms with Crippen LogP contribution in [0.4, 0.5) is 4.39 Å². The van der Waals surface area contributed by atoms with Gasteiger partial charge in [0.1, 0.15) is 5.82 Å². The second-order valence-corrected chi connectivity index (χ2v) is 3.37. The van der Waals surface area contributed by atoms with Crippen molar-refractivity contribution in [3.8, 4) is 0 Å². The molecule has 0 aromatic heterocycles. The molecule has 2 rings (SSSR count). The van der Waals surface area contributed by atoms with Crippen molar-refractivity contribution in [1.82, 2.24) is 0 Å². The third kappa shape index (κ3) is 1.39. The average molecular weight is 196 g/mol. The monoisotopic (exact) mass is 196 g/mol. The first-order valence-corrected chi connectivity index (χ1v) is 4.15. The van der Waals surface area contributed by atoms with E-state index in [0.717, 1.165) is 0 Å². The minimum atomic E-state index is -0.925. The van der Waals surface area contributed by atoms with Crippen LogP contribution in [0.1, 0.15) is 25.8 Å². The molecule has 1 aromatic carbocycles. The quantitative estimate of drug-likeness (QED) is 0.789. The largest absolute Gasteiger partial charge is 0.481 e. The van der Waals surface area contributed by atoms with E-state index in [1.165, 1.54) is 6.07 Å². The van der Waals surface area contributed by atoms with Gasteiger partial charge in [-0.05, 0) is 18.9 Å². The number of hydrogen-bond donors (Lipinski definition) is 1. The number of carboxylic acid groups (broad SMARTS) is 1. The van der Waals surface area contributed by atoms with E-state index in [2.05, 4.69) is 0 Å². The Kier molecular flexibility index (Phi) is 2.60. The lowest BCUT2D eigenvalue weighted by Crippen LogP contribution is -2.20. The van der Waals surface area contributed by atoms with Crippen molar-refractivity contribution >= 4 is 5.97 Å².